The van der Waals surface area contributed by atoms with E-state index in [2.05, 4.69) is 24.4 Å². The average Bonchev–Trinajstić information content (AvgIpc) is 2.76. The van der Waals surface area contributed by atoms with Gasteiger partial charge < -0.3 is 10.2 Å². The molecule has 0 spiro atoms. The van der Waals surface area contributed by atoms with E-state index in [1.54, 1.807) is 0 Å². The summed E-state index contributed by atoms with van der Waals surface area (Å²) in [5, 5.41) is 3.45. The highest BCUT2D eigenvalue weighted by molar-refractivity contribution is 5.78. The molecule has 2 rings (SSSR count). The van der Waals surface area contributed by atoms with Crippen LogP contribution in [-0.2, 0) is 4.79 Å². The van der Waals surface area contributed by atoms with Gasteiger partial charge in [0, 0.05) is 25.6 Å². The van der Waals surface area contributed by atoms with Gasteiger partial charge in [0.05, 0.1) is 0 Å². The van der Waals surface area contributed by atoms with E-state index in [0.717, 1.165) is 26.1 Å². The lowest BCUT2D eigenvalue weighted by atomic mass is 10.1. The van der Waals surface area contributed by atoms with Crippen LogP contribution in [0.4, 0.5) is 0 Å². The van der Waals surface area contributed by atoms with Crippen LogP contribution in [-0.4, -0.2) is 30.4 Å². The standard InChI is InChI=1S/C14H20N2O/c1-2-15-13(12-7-4-3-5-8-12)11-16-10-6-9-14(16)17/h3-5,7-8,13,15H,2,6,9-11H2,1H3. The molecule has 0 aliphatic carbocycles. The largest absolute Gasteiger partial charge is 0.341 e. The van der Waals surface area contributed by atoms with Gasteiger partial charge in [-0.25, -0.2) is 0 Å². The Bertz CT molecular complexity index is 364. The molecule has 3 nitrogen and oxygen atoms in total. The zero-order valence-electron chi connectivity index (χ0n) is 10.4. The number of carbonyl (C=O) groups is 1. The number of carbonyl (C=O) groups excluding carboxylic acids is 1. The van der Waals surface area contributed by atoms with Crippen molar-refractivity contribution in [3.05, 3.63) is 35.9 Å². The van der Waals surface area contributed by atoms with Crippen molar-refractivity contribution in [3.8, 4) is 0 Å². The molecule has 1 aliphatic heterocycles. The van der Waals surface area contributed by atoms with Crippen molar-refractivity contribution < 1.29 is 4.79 Å². The number of rotatable bonds is 5. The fourth-order valence-electron chi connectivity index (χ4n) is 2.34. The minimum absolute atomic E-state index is 0.253. The quantitative estimate of drug-likeness (QED) is 0.841. The second-order valence-electron chi connectivity index (χ2n) is 4.46. The minimum Gasteiger partial charge on any atom is -0.341 e. The average molecular weight is 232 g/mol. The number of hydrogen-bond donors (Lipinski definition) is 1. The first kappa shape index (κ1) is 12.1. The molecule has 0 saturated carbocycles. The SMILES string of the molecule is CCNC(CN1CCCC1=O)c1ccccc1. The third kappa shape index (κ3) is 3.07. The summed E-state index contributed by atoms with van der Waals surface area (Å²) in [6, 6.07) is 10.6. The summed E-state index contributed by atoms with van der Waals surface area (Å²) in [7, 11) is 0. The van der Waals surface area contributed by atoms with E-state index in [1.807, 2.05) is 23.1 Å². The van der Waals surface area contributed by atoms with Gasteiger partial charge in [0.2, 0.25) is 5.91 Å². The topological polar surface area (TPSA) is 32.3 Å². The van der Waals surface area contributed by atoms with Gasteiger partial charge in [-0.1, -0.05) is 37.3 Å². The van der Waals surface area contributed by atoms with Gasteiger partial charge in [-0.15, -0.1) is 0 Å². The Morgan fingerprint density at radius 1 is 1.35 bits per heavy atom. The maximum Gasteiger partial charge on any atom is 0.222 e. The van der Waals surface area contributed by atoms with Gasteiger partial charge in [0.25, 0.3) is 0 Å². The maximum atomic E-state index is 11.6. The zero-order valence-corrected chi connectivity index (χ0v) is 10.4. The summed E-state index contributed by atoms with van der Waals surface area (Å²) in [4.78, 5) is 13.6. The van der Waals surface area contributed by atoms with E-state index in [4.69, 9.17) is 0 Å². The Balaban J connectivity index is 2.04. The van der Waals surface area contributed by atoms with Crippen molar-refractivity contribution in [2.45, 2.75) is 25.8 Å². The molecule has 1 saturated heterocycles. The summed E-state index contributed by atoms with van der Waals surface area (Å²) in [5.74, 6) is 0.295. The molecular weight excluding hydrogens is 212 g/mol. The van der Waals surface area contributed by atoms with Crippen LogP contribution < -0.4 is 5.32 Å². The first-order valence-electron chi connectivity index (χ1n) is 6.37. The number of hydrogen-bond acceptors (Lipinski definition) is 2. The molecule has 1 aliphatic rings. The highest BCUT2D eigenvalue weighted by Crippen LogP contribution is 2.18. The number of nitrogens with one attached hydrogen (secondary N) is 1. The van der Waals surface area contributed by atoms with Crippen LogP contribution in [0, 0.1) is 0 Å². The zero-order chi connectivity index (χ0) is 12.1. The summed E-state index contributed by atoms with van der Waals surface area (Å²) < 4.78 is 0. The minimum atomic E-state index is 0.253. The van der Waals surface area contributed by atoms with Crippen LogP contribution >= 0.6 is 0 Å². The summed E-state index contributed by atoms with van der Waals surface area (Å²) >= 11 is 0. The highest BCUT2D eigenvalue weighted by Gasteiger charge is 2.23. The van der Waals surface area contributed by atoms with Gasteiger partial charge >= 0.3 is 0 Å². The van der Waals surface area contributed by atoms with Gasteiger partial charge in [-0.05, 0) is 18.5 Å². The number of likely N-dealkylation sites (N-methyl/N-ethyl adjacent to an activating group) is 1. The fourth-order valence-corrected chi connectivity index (χ4v) is 2.34. The van der Waals surface area contributed by atoms with Gasteiger partial charge in [0.1, 0.15) is 0 Å². The molecule has 3 heteroatoms. The molecule has 1 N–H and O–H groups in total. The third-order valence-electron chi connectivity index (χ3n) is 3.23. The molecule has 1 atom stereocenters. The Hall–Kier alpha value is -1.35. The van der Waals surface area contributed by atoms with E-state index in [9.17, 15) is 4.79 Å². The molecule has 1 fully saturated rings. The molecule has 1 aromatic rings. The lowest BCUT2D eigenvalue weighted by Crippen LogP contribution is -2.35. The van der Waals surface area contributed by atoms with E-state index in [1.165, 1.54) is 5.56 Å². The number of benzene rings is 1. The molecule has 1 amide bonds. The lowest BCUT2D eigenvalue weighted by Gasteiger charge is -2.24. The van der Waals surface area contributed by atoms with E-state index in [0.29, 0.717) is 12.3 Å². The van der Waals surface area contributed by atoms with Crippen LogP contribution in [0.15, 0.2) is 30.3 Å². The van der Waals surface area contributed by atoms with Gasteiger partial charge in [-0.3, -0.25) is 4.79 Å². The molecule has 17 heavy (non-hydrogen) atoms. The van der Waals surface area contributed by atoms with E-state index < -0.39 is 0 Å². The Morgan fingerprint density at radius 2 is 2.12 bits per heavy atom. The monoisotopic (exact) mass is 232 g/mol. The predicted molar refractivity (Wildman–Crippen MR) is 68.7 cm³/mol. The molecule has 1 heterocycles. The predicted octanol–water partition coefficient (Wildman–Crippen LogP) is 1.96. The second-order valence-corrected chi connectivity index (χ2v) is 4.46. The van der Waals surface area contributed by atoms with Crippen LogP contribution in [0.25, 0.3) is 0 Å². The van der Waals surface area contributed by atoms with E-state index >= 15 is 0 Å². The Kier molecular flexibility index (Phi) is 4.15. The molecule has 1 aromatic carbocycles. The smallest absolute Gasteiger partial charge is 0.222 e. The van der Waals surface area contributed by atoms with Crippen molar-refractivity contribution in [1.29, 1.82) is 0 Å². The van der Waals surface area contributed by atoms with Crippen molar-refractivity contribution in [1.82, 2.24) is 10.2 Å². The molecular formula is C14H20N2O. The van der Waals surface area contributed by atoms with Crippen molar-refractivity contribution in [2.24, 2.45) is 0 Å². The third-order valence-corrected chi connectivity index (χ3v) is 3.23. The first-order valence-corrected chi connectivity index (χ1v) is 6.37. The fraction of sp³-hybridized carbons (Fsp3) is 0.500. The molecule has 92 valence electrons. The number of nitrogens with zero attached hydrogens (tertiary/aromatic N) is 1. The highest BCUT2D eigenvalue weighted by atomic mass is 16.2. The summed E-state index contributed by atoms with van der Waals surface area (Å²) in [6.07, 6.45) is 1.72. The van der Waals surface area contributed by atoms with Crippen LogP contribution in [0.1, 0.15) is 31.4 Å². The van der Waals surface area contributed by atoms with Crippen LogP contribution in [0.3, 0.4) is 0 Å². The van der Waals surface area contributed by atoms with Crippen LogP contribution in [0.5, 0.6) is 0 Å². The van der Waals surface area contributed by atoms with Crippen LogP contribution in [0.2, 0.25) is 0 Å². The lowest BCUT2D eigenvalue weighted by molar-refractivity contribution is -0.128. The molecule has 0 aromatic heterocycles. The van der Waals surface area contributed by atoms with Crippen molar-refractivity contribution in [2.75, 3.05) is 19.6 Å². The van der Waals surface area contributed by atoms with E-state index in [-0.39, 0.29) is 6.04 Å². The first-order chi connectivity index (χ1) is 8.31. The summed E-state index contributed by atoms with van der Waals surface area (Å²) in [5.41, 5.74) is 1.26. The second kappa shape index (κ2) is 5.82. The van der Waals surface area contributed by atoms with Gasteiger partial charge in [0.15, 0.2) is 0 Å². The van der Waals surface area contributed by atoms with Crippen molar-refractivity contribution in [3.63, 3.8) is 0 Å². The molecule has 1 unspecified atom stereocenters. The number of amides is 1. The molecule has 0 bridgehead atoms. The Morgan fingerprint density at radius 3 is 2.71 bits per heavy atom. The molecule has 0 radical (unpaired) electrons. The van der Waals surface area contributed by atoms with Crippen molar-refractivity contribution >= 4 is 5.91 Å². The number of likely N-dealkylation sites (tertiary alicyclic amines) is 1. The van der Waals surface area contributed by atoms with Gasteiger partial charge in [-0.2, -0.15) is 0 Å². The Labute approximate surface area is 103 Å². The summed E-state index contributed by atoms with van der Waals surface area (Å²) in [6.45, 7) is 4.72. The normalized spacial score (nSPS) is 17.5. The maximum absolute atomic E-state index is 11.6.